The van der Waals surface area contributed by atoms with E-state index in [0.29, 0.717) is 130 Å². The smallest absolute Gasteiger partial charge is 0.243 e. The van der Waals surface area contributed by atoms with Crippen LogP contribution in [-0.2, 0) is 47.7 Å². The van der Waals surface area contributed by atoms with Crippen molar-refractivity contribution in [3.05, 3.63) is 75.9 Å². The Morgan fingerprint density at radius 3 is 0.867 bits per heavy atom. The Morgan fingerprint density at radius 1 is 0.400 bits per heavy atom. The van der Waals surface area contributed by atoms with E-state index in [9.17, 15) is 28.8 Å². The van der Waals surface area contributed by atoms with E-state index in [1.54, 1.807) is 0 Å². The minimum absolute atomic E-state index is 0.109. The molecule has 0 aliphatic rings. The molecule has 0 aromatic carbocycles. The van der Waals surface area contributed by atoms with Gasteiger partial charge >= 0.3 is 0 Å². The molecule has 0 rings (SSSR count). The number of nitrogens with one attached hydrogen (secondary N) is 6. The molecule has 6 amide bonds. The van der Waals surface area contributed by atoms with Crippen LogP contribution in [0.4, 0.5) is 0 Å². The van der Waals surface area contributed by atoms with Crippen molar-refractivity contribution < 1.29 is 57.9 Å². The molecule has 2 atom stereocenters. The molecule has 0 bridgehead atoms. The van der Waals surface area contributed by atoms with Crippen LogP contribution in [0.1, 0.15) is 51.4 Å². The van der Waals surface area contributed by atoms with E-state index in [1.165, 1.54) is 36.5 Å². The highest BCUT2D eigenvalue weighted by Gasteiger charge is 2.16. The molecule has 0 unspecified atom stereocenters. The maximum absolute atomic E-state index is 11.3. The summed E-state index contributed by atoms with van der Waals surface area (Å²) in [6, 6.07) is 0. The van der Waals surface area contributed by atoms with Gasteiger partial charge < -0.3 is 61.1 Å². The Morgan fingerprint density at radius 2 is 0.633 bits per heavy atom. The normalized spacial score (nSPS) is 10.9. The largest absolute Gasteiger partial charge is 0.396 e. The van der Waals surface area contributed by atoms with Gasteiger partial charge in [0.1, 0.15) is 0 Å². The first kappa shape index (κ1) is 59.3. The molecule has 0 aliphatic carbocycles. The van der Waals surface area contributed by atoms with Crippen LogP contribution in [-0.4, -0.2) is 150 Å². The molecule has 0 radical (unpaired) electrons. The second-order valence-electron chi connectivity index (χ2n) is 12.3. The highest BCUT2D eigenvalue weighted by atomic mass is 16.5. The molecule has 0 aliphatic heterocycles. The van der Waals surface area contributed by atoms with Crippen LogP contribution in [0.5, 0.6) is 0 Å². The minimum atomic E-state index is -0.231. The summed E-state index contributed by atoms with van der Waals surface area (Å²) in [5.74, 6) is -1.29. The lowest BCUT2D eigenvalue weighted by molar-refractivity contribution is -0.117. The fourth-order valence-corrected chi connectivity index (χ4v) is 4.08. The van der Waals surface area contributed by atoms with Crippen LogP contribution in [0.2, 0.25) is 0 Å². The lowest BCUT2D eigenvalue weighted by Gasteiger charge is -2.23. The van der Waals surface area contributed by atoms with Gasteiger partial charge in [-0.15, -0.1) is 0 Å². The molecule has 342 valence electrons. The number of hydrogen-bond donors (Lipinski definition) is 8. The first-order valence-corrected chi connectivity index (χ1v) is 20.0. The van der Waals surface area contributed by atoms with Crippen molar-refractivity contribution in [1.82, 2.24) is 31.9 Å². The number of ether oxygens (including phenoxy) is 4. The number of carbonyl (C=O) groups is 6. The summed E-state index contributed by atoms with van der Waals surface area (Å²) < 4.78 is 23.7. The molecule has 8 N–H and O–H groups in total. The average Bonchev–Trinajstić information content (AvgIpc) is 3.26. The molecule has 0 aromatic heterocycles. The van der Waals surface area contributed by atoms with Gasteiger partial charge in [0.2, 0.25) is 35.4 Å². The van der Waals surface area contributed by atoms with E-state index in [2.05, 4.69) is 71.4 Å². The molecule has 18 heteroatoms. The van der Waals surface area contributed by atoms with E-state index < -0.39 is 0 Å². The quantitative estimate of drug-likeness (QED) is 0.0318. The number of rotatable bonds is 37. The van der Waals surface area contributed by atoms with Crippen molar-refractivity contribution in [2.75, 3.05) is 92.1 Å². The van der Waals surface area contributed by atoms with Crippen molar-refractivity contribution in [2.24, 2.45) is 0 Å². The van der Waals surface area contributed by atoms with Crippen LogP contribution in [0.25, 0.3) is 0 Å². The molecular weight excluding hydrogens is 780 g/mol. The minimum Gasteiger partial charge on any atom is -0.396 e. The summed E-state index contributed by atoms with van der Waals surface area (Å²) in [7, 11) is 0. The van der Waals surface area contributed by atoms with Gasteiger partial charge in [0, 0.05) is 78.9 Å². The standard InChI is InChI=1S/C30H50N4O8.2C6H11NO2/c1-5-27(35)31-15-9-19-39-23-25(41-21-11-17-33-29(37)7-3)13-14-26(42-22-12-18-34-30(38)8-4)24-40-20-10-16-32-28(36)6-2;2*1-2-6(9)7-4-3-5-8/h5-8,25-26H,1-4,9-24H2,(H,31,35)(H,32,36)(H,33,37)(H,34,38);2*2,8H,1,3-5H2,(H,7,9)/t25-,26-;;/m0../s1. The summed E-state index contributed by atoms with van der Waals surface area (Å²) in [6.07, 6.45) is 11.9. The first-order chi connectivity index (χ1) is 29.0. The van der Waals surface area contributed by atoms with E-state index in [0.717, 1.165) is 0 Å². The summed E-state index contributed by atoms with van der Waals surface area (Å²) >= 11 is 0. The fourth-order valence-electron chi connectivity index (χ4n) is 4.08. The van der Waals surface area contributed by atoms with Crippen LogP contribution in [0, 0.1) is 0 Å². The van der Waals surface area contributed by atoms with Crippen molar-refractivity contribution in [1.29, 1.82) is 0 Å². The summed E-state index contributed by atoms with van der Waals surface area (Å²) in [5.41, 5.74) is 0. The predicted molar refractivity (Wildman–Crippen MR) is 231 cm³/mol. The average molecular weight is 853 g/mol. The molecule has 60 heavy (non-hydrogen) atoms. The number of aliphatic hydroxyl groups excluding tert-OH is 2. The van der Waals surface area contributed by atoms with Crippen molar-refractivity contribution >= 4 is 35.4 Å². The second-order valence-corrected chi connectivity index (χ2v) is 12.3. The molecule has 0 aromatic rings. The molecule has 0 heterocycles. The zero-order chi connectivity index (χ0) is 45.5. The molecule has 0 saturated carbocycles. The zero-order valence-corrected chi connectivity index (χ0v) is 35.4. The molecule has 18 nitrogen and oxygen atoms in total. The van der Waals surface area contributed by atoms with Crippen molar-refractivity contribution in [3.8, 4) is 0 Å². The van der Waals surface area contributed by atoms with Crippen LogP contribution in [0.15, 0.2) is 75.9 Å². The number of aliphatic hydroxyl groups is 2. The van der Waals surface area contributed by atoms with E-state index in [1.807, 2.05) is 0 Å². The first-order valence-electron chi connectivity index (χ1n) is 20.0. The summed E-state index contributed by atoms with van der Waals surface area (Å²) in [5, 5.41) is 32.4. The van der Waals surface area contributed by atoms with Gasteiger partial charge in [-0.05, 0) is 87.8 Å². The molecule has 0 saturated heterocycles. The Bertz CT molecular complexity index is 1140. The lowest BCUT2D eigenvalue weighted by atomic mass is 10.1. The zero-order valence-electron chi connectivity index (χ0n) is 35.4. The van der Waals surface area contributed by atoms with E-state index in [-0.39, 0.29) is 60.9 Å². The number of carbonyl (C=O) groups excluding carboxylic acids is 6. The van der Waals surface area contributed by atoms with Gasteiger partial charge in [0.15, 0.2) is 0 Å². The van der Waals surface area contributed by atoms with Gasteiger partial charge in [-0.3, -0.25) is 28.8 Å². The van der Waals surface area contributed by atoms with Gasteiger partial charge in [0.05, 0.1) is 25.4 Å². The third-order valence-electron chi connectivity index (χ3n) is 7.28. The van der Waals surface area contributed by atoms with Crippen molar-refractivity contribution in [2.45, 2.75) is 63.6 Å². The maximum atomic E-state index is 11.3. The Hall–Kier alpha value is -4.98. The third-order valence-corrected chi connectivity index (χ3v) is 7.28. The molecular formula is C42H72N6O12. The Kier molecular flexibility index (Phi) is 46.2. The maximum Gasteiger partial charge on any atom is 0.243 e. The van der Waals surface area contributed by atoms with Gasteiger partial charge in [0.25, 0.3) is 0 Å². The van der Waals surface area contributed by atoms with Gasteiger partial charge in [-0.2, -0.15) is 0 Å². The highest BCUT2D eigenvalue weighted by Crippen LogP contribution is 2.11. The van der Waals surface area contributed by atoms with Crippen LogP contribution in [0.3, 0.4) is 0 Å². The van der Waals surface area contributed by atoms with Crippen molar-refractivity contribution in [3.63, 3.8) is 0 Å². The number of amides is 6. The predicted octanol–water partition coefficient (Wildman–Crippen LogP) is 0.681. The van der Waals surface area contributed by atoms with Crippen LogP contribution < -0.4 is 31.9 Å². The highest BCUT2D eigenvalue weighted by molar-refractivity contribution is 5.88. The summed E-state index contributed by atoms with van der Waals surface area (Å²) in [6.45, 7) is 25.9. The lowest BCUT2D eigenvalue weighted by Crippen LogP contribution is -2.29. The monoisotopic (exact) mass is 853 g/mol. The van der Waals surface area contributed by atoms with E-state index >= 15 is 0 Å². The number of hydrogen-bond acceptors (Lipinski definition) is 12. The fraction of sp³-hybridized carbons (Fsp3) is 0.571. The van der Waals surface area contributed by atoms with Gasteiger partial charge in [-0.1, -0.05) is 39.5 Å². The topological polar surface area (TPSA) is 252 Å². The molecule has 0 fully saturated rings. The third kappa shape index (κ3) is 45.7. The van der Waals surface area contributed by atoms with Gasteiger partial charge in [-0.25, -0.2) is 0 Å². The summed E-state index contributed by atoms with van der Waals surface area (Å²) in [4.78, 5) is 66.0. The van der Waals surface area contributed by atoms with Crippen LogP contribution >= 0.6 is 0 Å². The van der Waals surface area contributed by atoms with E-state index in [4.69, 9.17) is 29.2 Å². The Balaban J connectivity index is -0.00000148. The Labute approximate surface area is 356 Å². The SMILES string of the molecule is C=CC(=O)NCCCO.C=CC(=O)NCCCO.C=CC(=O)NCCCOC[C@H](CC[C@@H](COCCCNC(=O)C=C)OCCCNC(=O)C=C)OCCCNC(=O)C=C. The second kappa shape index (κ2) is 46.7. The molecule has 0 spiro atoms.